The number of likely N-dealkylation sites (tertiary alicyclic amines) is 1. The van der Waals surface area contributed by atoms with Gasteiger partial charge in [0.05, 0.1) is 0 Å². The first-order valence-corrected chi connectivity index (χ1v) is 8.85. The fourth-order valence-electron chi connectivity index (χ4n) is 3.50. The highest BCUT2D eigenvalue weighted by Gasteiger charge is 2.43. The molecule has 0 aliphatic carbocycles. The van der Waals surface area contributed by atoms with Gasteiger partial charge in [0.1, 0.15) is 0 Å². The number of carbonyl (C=O) groups is 2. The molecule has 0 unspecified atom stereocenters. The number of fused-ring (bicyclic) bond motifs is 1. The maximum absolute atomic E-state index is 12.5. The lowest BCUT2D eigenvalue weighted by Crippen LogP contribution is -2.47. The first-order chi connectivity index (χ1) is 12.7. The van der Waals surface area contributed by atoms with Crippen LogP contribution in [0.1, 0.15) is 24.1 Å². The van der Waals surface area contributed by atoms with Crippen LogP contribution >= 0.6 is 0 Å². The molecule has 1 aromatic carbocycles. The lowest BCUT2D eigenvalue weighted by Gasteiger charge is -2.31. The first-order valence-electron chi connectivity index (χ1n) is 8.85. The summed E-state index contributed by atoms with van der Waals surface area (Å²) in [4.78, 5) is 24.3. The van der Waals surface area contributed by atoms with Gasteiger partial charge in [0, 0.05) is 49.2 Å². The van der Waals surface area contributed by atoms with E-state index in [1.54, 1.807) is 0 Å². The standard InChI is InChI=1S/C19H22F3N3O2/c1-12-9-15-10-13(3-4-16(15)24(12)2)11-23-17(26)14-5-7-25(8-6-14)18(27)19(20,21)22/h3-4,9-10,14H,5-8,11H2,1-2H3,(H,23,26). The van der Waals surface area contributed by atoms with Crippen LogP contribution in [0.25, 0.3) is 10.9 Å². The molecular weight excluding hydrogens is 359 g/mol. The molecule has 146 valence electrons. The number of alkyl halides is 3. The Labute approximate surface area is 155 Å². The van der Waals surface area contributed by atoms with Crippen LogP contribution in [0.3, 0.4) is 0 Å². The Morgan fingerprint density at radius 1 is 1.19 bits per heavy atom. The number of rotatable bonds is 3. The summed E-state index contributed by atoms with van der Waals surface area (Å²) in [6, 6.07) is 8.05. The zero-order valence-electron chi connectivity index (χ0n) is 15.3. The van der Waals surface area contributed by atoms with Crippen molar-refractivity contribution in [1.82, 2.24) is 14.8 Å². The highest BCUT2D eigenvalue weighted by atomic mass is 19.4. The largest absolute Gasteiger partial charge is 0.471 e. The summed E-state index contributed by atoms with van der Waals surface area (Å²) in [5, 5.41) is 3.96. The van der Waals surface area contributed by atoms with Gasteiger partial charge < -0.3 is 14.8 Å². The Hall–Kier alpha value is -2.51. The van der Waals surface area contributed by atoms with E-state index in [1.165, 1.54) is 0 Å². The number of benzene rings is 1. The van der Waals surface area contributed by atoms with Gasteiger partial charge in [-0.1, -0.05) is 6.07 Å². The summed E-state index contributed by atoms with van der Waals surface area (Å²) < 4.78 is 39.5. The van der Waals surface area contributed by atoms with Crippen molar-refractivity contribution in [3.63, 3.8) is 0 Å². The Bertz CT molecular complexity index is 865. The molecule has 1 N–H and O–H groups in total. The SMILES string of the molecule is Cc1cc2cc(CNC(=O)C3CCN(C(=O)C(F)(F)F)CC3)ccc2n1C. The van der Waals surface area contributed by atoms with Gasteiger partial charge in [-0.3, -0.25) is 9.59 Å². The van der Waals surface area contributed by atoms with E-state index in [2.05, 4.69) is 16.0 Å². The Morgan fingerprint density at radius 3 is 2.48 bits per heavy atom. The molecule has 1 saturated heterocycles. The smallest absolute Gasteiger partial charge is 0.352 e. The molecule has 1 fully saturated rings. The summed E-state index contributed by atoms with van der Waals surface area (Å²) in [5.41, 5.74) is 3.22. The quantitative estimate of drug-likeness (QED) is 0.889. The number of aromatic nitrogens is 1. The predicted octanol–water partition coefficient (Wildman–Crippen LogP) is 2.90. The van der Waals surface area contributed by atoms with Gasteiger partial charge in [0.25, 0.3) is 0 Å². The fourth-order valence-corrected chi connectivity index (χ4v) is 3.50. The normalized spacial score (nSPS) is 16.0. The molecule has 1 aliphatic rings. The van der Waals surface area contributed by atoms with E-state index >= 15 is 0 Å². The van der Waals surface area contributed by atoms with Gasteiger partial charge in [0.2, 0.25) is 5.91 Å². The number of hydrogen-bond donors (Lipinski definition) is 1. The van der Waals surface area contributed by atoms with Crippen molar-refractivity contribution in [2.75, 3.05) is 13.1 Å². The Balaban J connectivity index is 1.54. The number of carbonyl (C=O) groups excluding carboxylic acids is 2. The van der Waals surface area contributed by atoms with Crippen molar-refractivity contribution in [1.29, 1.82) is 0 Å². The maximum atomic E-state index is 12.5. The second kappa shape index (κ2) is 7.25. The van der Waals surface area contributed by atoms with E-state index in [4.69, 9.17) is 0 Å². The number of amides is 2. The second-order valence-corrected chi connectivity index (χ2v) is 7.02. The molecule has 0 spiro atoms. The molecule has 2 heterocycles. The molecule has 27 heavy (non-hydrogen) atoms. The van der Waals surface area contributed by atoms with Gasteiger partial charge in [-0.05, 0) is 43.5 Å². The zero-order chi connectivity index (χ0) is 19.8. The average Bonchev–Trinajstić information content (AvgIpc) is 2.92. The monoisotopic (exact) mass is 381 g/mol. The average molecular weight is 381 g/mol. The van der Waals surface area contributed by atoms with Crippen LogP contribution in [0.4, 0.5) is 13.2 Å². The third kappa shape index (κ3) is 4.09. The van der Waals surface area contributed by atoms with Gasteiger partial charge in [-0.15, -0.1) is 0 Å². The fraction of sp³-hybridized carbons (Fsp3) is 0.474. The van der Waals surface area contributed by atoms with Crippen molar-refractivity contribution in [3.8, 4) is 0 Å². The molecule has 2 amide bonds. The summed E-state index contributed by atoms with van der Waals surface area (Å²) in [7, 11) is 2.00. The molecule has 2 aromatic rings. The van der Waals surface area contributed by atoms with E-state index in [1.807, 2.05) is 32.2 Å². The van der Waals surface area contributed by atoms with Gasteiger partial charge in [-0.25, -0.2) is 0 Å². The predicted molar refractivity (Wildman–Crippen MR) is 94.9 cm³/mol. The number of piperidine rings is 1. The minimum Gasteiger partial charge on any atom is -0.352 e. The van der Waals surface area contributed by atoms with E-state index < -0.39 is 12.1 Å². The van der Waals surface area contributed by atoms with E-state index in [0.717, 1.165) is 27.1 Å². The van der Waals surface area contributed by atoms with Crippen LogP contribution < -0.4 is 5.32 Å². The van der Waals surface area contributed by atoms with Gasteiger partial charge >= 0.3 is 12.1 Å². The second-order valence-electron chi connectivity index (χ2n) is 7.02. The van der Waals surface area contributed by atoms with Crippen LogP contribution in [0.2, 0.25) is 0 Å². The van der Waals surface area contributed by atoms with Crippen molar-refractivity contribution >= 4 is 22.7 Å². The van der Waals surface area contributed by atoms with E-state index in [-0.39, 0.29) is 37.8 Å². The number of nitrogens with one attached hydrogen (secondary N) is 1. The zero-order valence-corrected chi connectivity index (χ0v) is 15.3. The molecule has 8 heteroatoms. The first kappa shape index (κ1) is 19.3. The minimum atomic E-state index is -4.86. The molecule has 0 atom stereocenters. The van der Waals surface area contributed by atoms with Crippen LogP contribution in [0.5, 0.6) is 0 Å². The molecular formula is C19H22F3N3O2. The number of nitrogens with zero attached hydrogens (tertiary/aromatic N) is 2. The Kier molecular flexibility index (Phi) is 5.17. The lowest BCUT2D eigenvalue weighted by atomic mass is 9.95. The molecule has 5 nitrogen and oxygen atoms in total. The molecule has 1 aliphatic heterocycles. The molecule has 0 radical (unpaired) electrons. The number of halogens is 3. The van der Waals surface area contributed by atoms with Crippen molar-refractivity contribution in [3.05, 3.63) is 35.5 Å². The Morgan fingerprint density at radius 2 is 1.85 bits per heavy atom. The summed E-state index contributed by atoms with van der Waals surface area (Å²) >= 11 is 0. The van der Waals surface area contributed by atoms with E-state index in [0.29, 0.717) is 6.54 Å². The summed E-state index contributed by atoms with van der Waals surface area (Å²) in [6.07, 6.45) is -4.38. The van der Waals surface area contributed by atoms with Crippen LogP contribution in [-0.2, 0) is 23.2 Å². The molecule has 1 aromatic heterocycles. The molecule has 0 bridgehead atoms. The van der Waals surface area contributed by atoms with Crippen LogP contribution in [0.15, 0.2) is 24.3 Å². The highest BCUT2D eigenvalue weighted by Crippen LogP contribution is 2.24. The number of aryl methyl sites for hydroxylation is 2. The van der Waals surface area contributed by atoms with Gasteiger partial charge in [0.15, 0.2) is 0 Å². The third-order valence-corrected chi connectivity index (χ3v) is 5.21. The lowest BCUT2D eigenvalue weighted by molar-refractivity contribution is -0.186. The van der Waals surface area contributed by atoms with Crippen molar-refractivity contribution in [2.45, 2.75) is 32.5 Å². The maximum Gasteiger partial charge on any atom is 0.471 e. The molecule has 3 rings (SSSR count). The molecule has 0 saturated carbocycles. The summed E-state index contributed by atoms with van der Waals surface area (Å²) in [6.45, 7) is 2.29. The van der Waals surface area contributed by atoms with Gasteiger partial charge in [-0.2, -0.15) is 13.2 Å². The third-order valence-electron chi connectivity index (χ3n) is 5.21. The van der Waals surface area contributed by atoms with Crippen LogP contribution in [-0.4, -0.2) is 40.5 Å². The van der Waals surface area contributed by atoms with Crippen molar-refractivity contribution in [2.24, 2.45) is 13.0 Å². The minimum absolute atomic E-state index is 0.0499. The topological polar surface area (TPSA) is 54.3 Å². The van der Waals surface area contributed by atoms with Crippen molar-refractivity contribution < 1.29 is 22.8 Å². The summed E-state index contributed by atoms with van der Waals surface area (Å²) in [5.74, 6) is -2.38. The van der Waals surface area contributed by atoms with Crippen LogP contribution in [0, 0.1) is 12.8 Å². The van der Waals surface area contributed by atoms with E-state index in [9.17, 15) is 22.8 Å². The highest BCUT2D eigenvalue weighted by molar-refractivity contribution is 5.84. The number of hydrogen-bond acceptors (Lipinski definition) is 2.